The van der Waals surface area contributed by atoms with Crippen LogP contribution in [0.25, 0.3) is 0 Å². The fraction of sp³-hybridized carbons (Fsp3) is 0.571. The van der Waals surface area contributed by atoms with Gasteiger partial charge < -0.3 is 0 Å². The molecule has 0 aliphatic carbocycles. The van der Waals surface area contributed by atoms with Gasteiger partial charge in [-0.3, -0.25) is 10.6 Å². The summed E-state index contributed by atoms with van der Waals surface area (Å²) in [6, 6.07) is 7.28. The molecule has 1 aliphatic heterocycles. The molecule has 1 aromatic rings. The van der Waals surface area contributed by atoms with E-state index in [2.05, 4.69) is 24.5 Å². The Hall–Kier alpha value is -0.930. The van der Waals surface area contributed by atoms with Crippen LogP contribution in [0.15, 0.2) is 24.3 Å². The van der Waals surface area contributed by atoms with Crippen LogP contribution >= 0.6 is 0 Å². The van der Waals surface area contributed by atoms with Gasteiger partial charge in [-0.1, -0.05) is 32.4 Å². The van der Waals surface area contributed by atoms with E-state index in [9.17, 15) is 4.39 Å². The molecule has 1 fully saturated rings. The highest BCUT2D eigenvalue weighted by atomic mass is 19.1. The Balaban J connectivity index is 2.04. The van der Waals surface area contributed by atoms with Crippen LogP contribution in [0, 0.1) is 11.7 Å². The average Bonchev–Trinajstić information content (AvgIpc) is 2.33. The summed E-state index contributed by atoms with van der Waals surface area (Å²) in [6.07, 6.45) is 2.54. The molecule has 1 aromatic carbocycles. The lowest BCUT2D eigenvalue weighted by atomic mass is 9.93. The third-order valence-electron chi connectivity index (χ3n) is 3.51. The van der Waals surface area contributed by atoms with E-state index in [-0.39, 0.29) is 12.0 Å². The molecule has 0 amide bonds. The van der Waals surface area contributed by atoms with Crippen molar-refractivity contribution in [2.75, 3.05) is 6.54 Å². The van der Waals surface area contributed by atoms with E-state index in [1.54, 1.807) is 0 Å². The maximum atomic E-state index is 12.9. The molecule has 2 N–H and O–H groups in total. The van der Waals surface area contributed by atoms with Crippen molar-refractivity contribution in [1.82, 2.24) is 10.6 Å². The summed E-state index contributed by atoms with van der Waals surface area (Å²) in [6.45, 7) is 5.49. The van der Waals surface area contributed by atoms with Gasteiger partial charge in [-0.25, -0.2) is 4.39 Å². The highest BCUT2D eigenvalue weighted by Gasteiger charge is 2.26. The van der Waals surface area contributed by atoms with Crippen molar-refractivity contribution in [3.05, 3.63) is 35.6 Å². The lowest BCUT2D eigenvalue weighted by molar-refractivity contribution is 0.224. The Morgan fingerprint density at radius 2 is 2.00 bits per heavy atom. The van der Waals surface area contributed by atoms with Crippen LogP contribution < -0.4 is 10.6 Å². The second kappa shape index (κ2) is 5.61. The predicted molar refractivity (Wildman–Crippen MR) is 68.1 cm³/mol. The number of rotatable bonds is 3. The molecule has 17 heavy (non-hydrogen) atoms. The molecule has 1 saturated heterocycles. The summed E-state index contributed by atoms with van der Waals surface area (Å²) in [5.74, 6) is 0.467. The van der Waals surface area contributed by atoms with E-state index in [0.29, 0.717) is 12.0 Å². The lowest BCUT2D eigenvalue weighted by Crippen LogP contribution is -2.52. The second-order valence-corrected chi connectivity index (χ2v) is 4.93. The van der Waals surface area contributed by atoms with Gasteiger partial charge in [0, 0.05) is 12.6 Å². The van der Waals surface area contributed by atoms with E-state index >= 15 is 0 Å². The normalized spacial score (nSPS) is 29.2. The van der Waals surface area contributed by atoms with Gasteiger partial charge in [0.1, 0.15) is 5.82 Å². The first kappa shape index (κ1) is 12.5. The van der Waals surface area contributed by atoms with Crippen molar-refractivity contribution < 1.29 is 4.39 Å². The molecule has 0 aromatic heterocycles. The van der Waals surface area contributed by atoms with Gasteiger partial charge >= 0.3 is 0 Å². The van der Waals surface area contributed by atoms with Crippen molar-refractivity contribution in [3.63, 3.8) is 0 Å². The zero-order valence-electron chi connectivity index (χ0n) is 10.5. The molecule has 1 heterocycles. The lowest BCUT2D eigenvalue weighted by Gasteiger charge is -2.37. The van der Waals surface area contributed by atoms with Crippen molar-refractivity contribution in [1.29, 1.82) is 0 Å². The first-order chi connectivity index (χ1) is 8.20. The van der Waals surface area contributed by atoms with Crippen LogP contribution in [0.1, 0.15) is 38.4 Å². The molecule has 0 bridgehead atoms. The Morgan fingerprint density at radius 3 is 2.65 bits per heavy atom. The summed E-state index contributed by atoms with van der Waals surface area (Å²) >= 11 is 0. The van der Waals surface area contributed by atoms with E-state index in [1.165, 1.54) is 25.0 Å². The molecular formula is C14H21FN2. The Labute approximate surface area is 103 Å². The predicted octanol–water partition coefficient (Wildman–Crippen LogP) is 2.82. The largest absolute Gasteiger partial charge is 0.298 e. The average molecular weight is 236 g/mol. The minimum absolute atomic E-state index is 0.156. The SMILES string of the molecule is CCCC1NC(c2ccc(F)cc2)NCC1C. The maximum Gasteiger partial charge on any atom is 0.123 e. The van der Waals surface area contributed by atoms with Gasteiger partial charge in [0.2, 0.25) is 0 Å². The van der Waals surface area contributed by atoms with Crippen molar-refractivity contribution in [2.24, 2.45) is 5.92 Å². The van der Waals surface area contributed by atoms with Gasteiger partial charge in [0.15, 0.2) is 0 Å². The van der Waals surface area contributed by atoms with Crippen molar-refractivity contribution in [2.45, 2.75) is 38.9 Å². The van der Waals surface area contributed by atoms with Crippen LogP contribution in [-0.2, 0) is 0 Å². The van der Waals surface area contributed by atoms with E-state index in [4.69, 9.17) is 0 Å². The summed E-state index contributed by atoms with van der Waals surface area (Å²) in [5.41, 5.74) is 1.11. The van der Waals surface area contributed by atoms with E-state index < -0.39 is 0 Å². The van der Waals surface area contributed by atoms with Gasteiger partial charge in [-0.05, 0) is 30.0 Å². The van der Waals surface area contributed by atoms with Crippen molar-refractivity contribution in [3.8, 4) is 0 Å². The Bertz CT molecular complexity index is 350. The molecule has 94 valence electrons. The summed E-state index contributed by atoms with van der Waals surface area (Å²) in [5, 5.41) is 7.07. The quantitative estimate of drug-likeness (QED) is 0.843. The Kier molecular flexibility index (Phi) is 4.13. The fourth-order valence-corrected chi connectivity index (χ4v) is 2.43. The van der Waals surface area contributed by atoms with Crippen molar-refractivity contribution >= 4 is 0 Å². The van der Waals surface area contributed by atoms with Crippen LogP contribution in [0.5, 0.6) is 0 Å². The highest BCUT2D eigenvalue weighted by Crippen LogP contribution is 2.20. The molecule has 2 rings (SSSR count). The zero-order chi connectivity index (χ0) is 12.3. The highest BCUT2D eigenvalue weighted by molar-refractivity contribution is 5.20. The third-order valence-corrected chi connectivity index (χ3v) is 3.51. The molecule has 3 heteroatoms. The zero-order valence-corrected chi connectivity index (χ0v) is 10.5. The summed E-state index contributed by atoms with van der Waals surface area (Å²) in [7, 11) is 0. The standard InChI is InChI=1S/C14H21FN2/c1-3-4-13-10(2)9-16-14(17-13)11-5-7-12(15)8-6-11/h5-8,10,13-14,16-17H,3-4,9H2,1-2H3. The minimum Gasteiger partial charge on any atom is -0.298 e. The fourth-order valence-electron chi connectivity index (χ4n) is 2.43. The third kappa shape index (κ3) is 3.05. The first-order valence-corrected chi connectivity index (χ1v) is 6.45. The molecule has 1 aliphatic rings. The molecular weight excluding hydrogens is 215 g/mol. The molecule has 0 spiro atoms. The monoisotopic (exact) mass is 236 g/mol. The molecule has 2 nitrogen and oxygen atoms in total. The van der Waals surface area contributed by atoms with Crippen LogP contribution in [0.2, 0.25) is 0 Å². The summed E-state index contributed by atoms with van der Waals surface area (Å²) < 4.78 is 12.9. The molecule has 3 unspecified atom stereocenters. The van der Waals surface area contributed by atoms with E-state index in [1.807, 2.05) is 12.1 Å². The van der Waals surface area contributed by atoms with Crippen LogP contribution in [0.4, 0.5) is 4.39 Å². The molecule has 0 saturated carbocycles. The topological polar surface area (TPSA) is 24.1 Å². The van der Waals surface area contributed by atoms with Crippen LogP contribution in [-0.4, -0.2) is 12.6 Å². The van der Waals surface area contributed by atoms with Gasteiger partial charge in [0.25, 0.3) is 0 Å². The Morgan fingerprint density at radius 1 is 1.29 bits per heavy atom. The molecule has 0 radical (unpaired) electrons. The number of nitrogens with one attached hydrogen (secondary N) is 2. The second-order valence-electron chi connectivity index (χ2n) is 4.93. The molecule has 3 atom stereocenters. The maximum absolute atomic E-state index is 12.9. The number of benzene rings is 1. The minimum atomic E-state index is -0.178. The van der Waals surface area contributed by atoms with E-state index in [0.717, 1.165) is 12.1 Å². The number of hydrogen-bond donors (Lipinski definition) is 2. The number of halogens is 1. The van der Waals surface area contributed by atoms with Gasteiger partial charge in [-0.2, -0.15) is 0 Å². The van der Waals surface area contributed by atoms with Gasteiger partial charge in [-0.15, -0.1) is 0 Å². The smallest absolute Gasteiger partial charge is 0.123 e. The number of hydrogen-bond acceptors (Lipinski definition) is 2. The summed E-state index contributed by atoms with van der Waals surface area (Å²) in [4.78, 5) is 0. The van der Waals surface area contributed by atoms with Gasteiger partial charge in [0.05, 0.1) is 6.17 Å². The first-order valence-electron chi connectivity index (χ1n) is 6.45. The van der Waals surface area contributed by atoms with Crippen LogP contribution in [0.3, 0.4) is 0 Å².